The lowest BCUT2D eigenvalue weighted by Crippen LogP contribution is -2.10. The maximum absolute atomic E-state index is 12.2. The van der Waals surface area contributed by atoms with Gasteiger partial charge in [-0.15, -0.1) is 0 Å². The van der Waals surface area contributed by atoms with Crippen molar-refractivity contribution in [1.82, 2.24) is 0 Å². The van der Waals surface area contributed by atoms with Gasteiger partial charge in [-0.25, -0.2) is 4.79 Å². The van der Waals surface area contributed by atoms with Gasteiger partial charge in [0.2, 0.25) is 0 Å². The Bertz CT molecular complexity index is 440. The van der Waals surface area contributed by atoms with Gasteiger partial charge in [0.1, 0.15) is 11.3 Å². The van der Waals surface area contributed by atoms with Crippen LogP contribution in [0.3, 0.4) is 0 Å². The number of aryl methyl sites for hydroxylation is 1. The first-order valence-corrected chi connectivity index (χ1v) is 8.57. The van der Waals surface area contributed by atoms with Crippen LogP contribution in [0.25, 0.3) is 0 Å². The van der Waals surface area contributed by atoms with Gasteiger partial charge in [-0.3, -0.25) is 0 Å². The van der Waals surface area contributed by atoms with Crippen molar-refractivity contribution < 1.29 is 14.3 Å². The fraction of sp³-hybridized carbons (Fsp3) is 0.632. The minimum absolute atomic E-state index is 0.280. The summed E-state index contributed by atoms with van der Waals surface area (Å²) >= 11 is 0. The molecular formula is C19H30O3. The lowest BCUT2D eigenvalue weighted by atomic mass is 9.99. The van der Waals surface area contributed by atoms with Crippen molar-refractivity contribution >= 4 is 5.97 Å². The highest BCUT2D eigenvalue weighted by Crippen LogP contribution is 2.25. The molecule has 0 N–H and O–H groups in total. The van der Waals surface area contributed by atoms with Gasteiger partial charge in [-0.2, -0.15) is 0 Å². The second-order valence-electron chi connectivity index (χ2n) is 5.59. The Morgan fingerprint density at radius 2 is 1.68 bits per heavy atom. The summed E-state index contributed by atoms with van der Waals surface area (Å²) in [5.41, 5.74) is 1.63. The highest BCUT2D eigenvalue weighted by atomic mass is 16.5. The number of esters is 1. The van der Waals surface area contributed by atoms with E-state index >= 15 is 0 Å². The molecule has 124 valence electrons. The van der Waals surface area contributed by atoms with E-state index in [4.69, 9.17) is 9.47 Å². The molecule has 0 fully saturated rings. The molecule has 0 bridgehead atoms. The van der Waals surface area contributed by atoms with Crippen molar-refractivity contribution in [3.63, 3.8) is 0 Å². The van der Waals surface area contributed by atoms with E-state index in [1.165, 1.54) is 38.5 Å². The first-order valence-electron chi connectivity index (χ1n) is 8.57. The zero-order valence-electron chi connectivity index (χ0n) is 14.3. The molecule has 0 aliphatic carbocycles. The number of methoxy groups -OCH3 is 1. The van der Waals surface area contributed by atoms with Crippen LogP contribution < -0.4 is 4.74 Å². The van der Waals surface area contributed by atoms with Crippen LogP contribution in [0.15, 0.2) is 18.2 Å². The van der Waals surface area contributed by atoms with E-state index < -0.39 is 0 Å². The van der Waals surface area contributed by atoms with Crippen LogP contribution >= 0.6 is 0 Å². The Labute approximate surface area is 135 Å². The number of hydrogen-bond donors (Lipinski definition) is 0. The Hall–Kier alpha value is -1.51. The highest BCUT2D eigenvalue weighted by molar-refractivity contribution is 5.94. The average Bonchev–Trinajstić information content (AvgIpc) is 2.53. The number of rotatable bonds is 11. The van der Waals surface area contributed by atoms with Gasteiger partial charge in [0, 0.05) is 0 Å². The molecule has 0 spiro atoms. The number of unbranched alkanes of at least 4 members (excludes halogenated alkanes) is 6. The normalized spacial score (nSPS) is 10.5. The largest absolute Gasteiger partial charge is 0.496 e. The average molecular weight is 306 g/mol. The summed E-state index contributed by atoms with van der Waals surface area (Å²) in [4.78, 5) is 12.2. The molecular weight excluding hydrogens is 276 g/mol. The maximum atomic E-state index is 12.2. The van der Waals surface area contributed by atoms with Crippen LogP contribution in [0.4, 0.5) is 0 Å². The predicted molar refractivity (Wildman–Crippen MR) is 90.6 cm³/mol. The van der Waals surface area contributed by atoms with Gasteiger partial charge in [0.05, 0.1) is 13.7 Å². The topological polar surface area (TPSA) is 35.5 Å². The van der Waals surface area contributed by atoms with E-state index in [-0.39, 0.29) is 5.97 Å². The standard InChI is InChI=1S/C19H30O3/c1-4-6-7-8-9-10-11-13-16-14-12-15-17(21-3)18(16)19(20)22-5-2/h12,14-15H,4-11,13H2,1-3H3. The van der Waals surface area contributed by atoms with E-state index in [1.807, 2.05) is 25.1 Å². The zero-order chi connectivity index (χ0) is 16.2. The minimum Gasteiger partial charge on any atom is -0.496 e. The molecule has 0 aliphatic rings. The molecule has 0 saturated heterocycles. The SMILES string of the molecule is CCCCCCCCCc1cccc(OC)c1C(=O)OCC. The molecule has 0 aromatic heterocycles. The molecule has 1 rings (SSSR count). The van der Waals surface area contributed by atoms with Crippen LogP contribution in [-0.4, -0.2) is 19.7 Å². The summed E-state index contributed by atoms with van der Waals surface area (Å²) in [6.45, 7) is 4.44. The van der Waals surface area contributed by atoms with Gasteiger partial charge < -0.3 is 9.47 Å². The van der Waals surface area contributed by atoms with Crippen LogP contribution in [0.5, 0.6) is 5.75 Å². The van der Waals surface area contributed by atoms with Crippen molar-refractivity contribution in [3.8, 4) is 5.75 Å². The molecule has 0 atom stereocenters. The lowest BCUT2D eigenvalue weighted by molar-refractivity contribution is 0.0521. The number of ether oxygens (including phenoxy) is 2. The summed E-state index contributed by atoms with van der Waals surface area (Å²) in [5.74, 6) is 0.330. The van der Waals surface area contributed by atoms with Gasteiger partial charge >= 0.3 is 5.97 Å². The van der Waals surface area contributed by atoms with E-state index in [2.05, 4.69) is 6.92 Å². The lowest BCUT2D eigenvalue weighted by Gasteiger charge is -2.13. The summed E-state index contributed by atoms with van der Waals surface area (Å²) in [7, 11) is 1.59. The molecule has 1 aromatic rings. The maximum Gasteiger partial charge on any atom is 0.342 e. The molecule has 0 unspecified atom stereocenters. The van der Waals surface area contributed by atoms with E-state index in [0.29, 0.717) is 17.9 Å². The molecule has 1 aromatic carbocycles. The quantitative estimate of drug-likeness (QED) is 0.418. The summed E-state index contributed by atoms with van der Waals surface area (Å²) in [5, 5.41) is 0. The first kappa shape index (κ1) is 18.5. The Kier molecular flexibility index (Phi) is 9.36. The van der Waals surface area contributed by atoms with Gasteiger partial charge in [0.25, 0.3) is 0 Å². The Morgan fingerprint density at radius 3 is 2.32 bits per heavy atom. The third kappa shape index (κ3) is 6.08. The molecule has 0 aliphatic heterocycles. The Morgan fingerprint density at radius 1 is 1.00 bits per heavy atom. The summed E-state index contributed by atoms with van der Waals surface area (Å²) < 4.78 is 10.5. The summed E-state index contributed by atoms with van der Waals surface area (Å²) in [6.07, 6.45) is 9.77. The summed E-state index contributed by atoms with van der Waals surface area (Å²) in [6, 6.07) is 5.77. The van der Waals surface area contributed by atoms with E-state index in [1.54, 1.807) is 7.11 Å². The number of benzene rings is 1. The highest BCUT2D eigenvalue weighted by Gasteiger charge is 2.17. The molecule has 0 heterocycles. The fourth-order valence-corrected chi connectivity index (χ4v) is 2.66. The van der Waals surface area contributed by atoms with Gasteiger partial charge in [-0.1, -0.05) is 57.6 Å². The van der Waals surface area contributed by atoms with Crippen molar-refractivity contribution in [3.05, 3.63) is 29.3 Å². The van der Waals surface area contributed by atoms with Gasteiger partial charge in [-0.05, 0) is 31.4 Å². The second kappa shape index (κ2) is 11.1. The van der Waals surface area contributed by atoms with Gasteiger partial charge in [0.15, 0.2) is 0 Å². The zero-order valence-corrected chi connectivity index (χ0v) is 14.3. The molecule has 0 saturated carbocycles. The predicted octanol–water partition coefficient (Wildman–Crippen LogP) is 5.17. The number of hydrogen-bond acceptors (Lipinski definition) is 3. The third-order valence-electron chi connectivity index (χ3n) is 3.86. The van der Waals surface area contributed by atoms with Crippen molar-refractivity contribution in [2.45, 2.75) is 65.2 Å². The van der Waals surface area contributed by atoms with Crippen molar-refractivity contribution in [2.24, 2.45) is 0 Å². The minimum atomic E-state index is -0.280. The Balaban J connectivity index is 2.56. The van der Waals surface area contributed by atoms with Crippen LogP contribution in [-0.2, 0) is 11.2 Å². The number of carbonyl (C=O) groups excluding carboxylic acids is 1. The van der Waals surface area contributed by atoms with Crippen LogP contribution in [0.1, 0.15) is 74.7 Å². The monoisotopic (exact) mass is 306 g/mol. The fourth-order valence-electron chi connectivity index (χ4n) is 2.66. The smallest absolute Gasteiger partial charge is 0.342 e. The molecule has 22 heavy (non-hydrogen) atoms. The molecule has 3 heteroatoms. The first-order chi connectivity index (χ1) is 10.7. The molecule has 0 amide bonds. The van der Waals surface area contributed by atoms with Crippen molar-refractivity contribution in [2.75, 3.05) is 13.7 Å². The second-order valence-corrected chi connectivity index (χ2v) is 5.59. The molecule has 0 radical (unpaired) electrons. The van der Waals surface area contributed by atoms with E-state index in [9.17, 15) is 4.79 Å². The number of carbonyl (C=O) groups is 1. The van der Waals surface area contributed by atoms with Crippen molar-refractivity contribution in [1.29, 1.82) is 0 Å². The van der Waals surface area contributed by atoms with Crippen LogP contribution in [0, 0.1) is 0 Å². The van der Waals surface area contributed by atoms with Crippen LogP contribution in [0.2, 0.25) is 0 Å². The van der Waals surface area contributed by atoms with E-state index in [0.717, 1.165) is 18.4 Å². The third-order valence-corrected chi connectivity index (χ3v) is 3.86. The molecule has 3 nitrogen and oxygen atoms in total.